The average Bonchev–Trinajstić information content (AvgIpc) is 2.46. The van der Waals surface area contributed by atoms with Crippen LogP contribution in [0.3, 0.4) is 0 Å². The summed E-state index contributed by atoms with van der Waals surface area (Å²) in [4.78, 5) is 41.7. The predicted octanol–water partition coefficient (Wildman–Crippen LogP) is 1.89. The van der Waals surface area contributed by atoms with Crippen molar-refractivity contribution in [2.45, 2.75) is 57.6 Å². The second kappa shape index (κ2) is 7.49. The van der Waals surface area contributed by atoms with Gasteiger partial charge >= 0.3 is 11.9 Å². The highest BCUT2D eigenvalue weighted by atomic mass is 32.2. The summed E-state index contributed by atoms with van der Waals surface area (Å²) in [7, 11) is -3.78. The van der Waals surface area contributed by atoms with Crippen LogP contribution in [0, 0.1) is 0 Å². The lowest BCUT2D eigenvalue weighted by Gasteiger charge is -2.51. The van der Waals surface area contributed by atoms with Crippen molar-refractivity contribution >= 4 is 46.2 Å². The molecule has 26 heavy (non-hydrogen) atoms. The molecule has 0 radical (unpaired) electrons. The Hall–Kier alpha value is -1.11. The summed E-state index contributed by atoms with van der Waals surface area (Å²) in [5.74, 6) is -0.499. The van der Waals surface area contributed by atoms with Gasteiger partial charge in [0.25, 0.3) is 0 Å². The van der Waals surface area contributed by atoms with E-state index in [1.165, 1.54) is 11.8 Å². The van der Waals surface area contributed by atoms with Gasteiger partial charge in [-0.1, -0.05) is 19.6 Å². The van der Waals surface area contributed by atoms with Crippen LogP contribution in [0.4, 0.5) is 0 Å². The first kappa shape index (κ1) is 21.2. The third-order valence-electron chi connectivity index (χ3n) is 3.68. The normalized spacial score (nSPS) is 23.3. The quantitative estimate of drug-likeness (QED) is 0.402. The summed E-state index contributed by atoms with van der Waals surface area (Å²) < 4.78 is 10.7. The highest BCUT2D eigenvalue weighted by Crippen LogP contribution is 2.41. The van der Waals surface area contributed by atoms with Crippen molar-refractivity contribution in [1.29, 1.82) is 0 Å². The van der Waals surface area contributed by atoms with E-state index in [9.17, 15) is 14.4 Å². The first-order valence-electron chi connectivity index (χ1n) is 8.61. The molecule has 0 bridgehead atoms. The van der Waals surface area contributed by atoms with Crippen molar-refractivity contribution in [3.05, 3.63) is 11.3 Å². The Bertz CT molecular complexity index is 654. The zero-order chi connectivity index (χ0) is 19.9. The molecule has 2 aliphatic rings. The molecule has 0 saturated carbocycles. The van der Waals surface area contributed by atoms with E-state index < -0.39 is 28.5 Å². The van der Waals surface area contributed by atoms with E-state index in [4.69, 9.17) is 9.16 Å². The van der Waals surface area contributed by atoms with Gasteiger partial charge in [0.15, 0.2) is 0 Å². The van der Waals surface area contributed by atoms with E-state index in [-0.39, 0.29) is 29.6 Å². The van der Waals surface area contributed by atoms with Gasteiger partial charge in [-0.25, -0.2) is 4.79 Å². The highest BCUT2D eigenvalue weighted by Gasteiger charge is 2.54. The molecule has 2 atom stereocenters. The Balaban J connectivity index is 2.30. The van der Waals surface area contributed by atoms with Gasteiger partial charge < -0.3 is 14.1 Å². The van der Waals surface area contributed by atoms with E-state index in [1.54, 1.807) is 11.8 Å². The van der Waals surface area contributed by atoms with Gasteiger partial charge in [-0.15, -0.1) is 11.8 Å². The van der Waals surface area contributed by atoms with Crippen LogP contribution in [0.25, 0.3) is 0 Å². The number of fused-ring (bicyclic) bond motifs is 1. The van der Waals surface area contributed by atoms with Crippen molar-refractivity contribution in [3.8, 4) is 0 Å². The van der Waals surface area contributed by atoms with Gasteiger partial charge in [0.1, 0.15) is 32.0 Å². The number of thioether (sulfide) groups is 1. The summed E-state index contributed by atoms with van der Waals surface area (Å²) >= 11 is 1.58. The Morgan fingerprint density at radius 3 is 2.35 bits per heavy atom. The number of hydrogen-bond donors (Lipinski definition) is 1. The predicted molar refractivity (Wildman–Crippen MR) is 106 cm³/mol. The van der Waals surface area contributed by atoms with Gasteiger partial charge in [-0.2, -0.15) is 0 Å². The zero-order valence-electron chi connectivity index (χ0n) is 16.5. The fraction of sp³-hybridized carbons (Fsp3) is 0.688. The largest absolute Gasteiger partial charge is 0.515 e. The fourth-order valence-electron chi connectivity index (χ4n) is 2.76. The number of β-lactam (4-membered cyclic amide) rings is 1. The van der Waals surface area contributed by atoms with E-state index in [1.807, 2.05) is 19.6 Å². The molecular formula is C16H28N2O5SSi2. The van der Waals surface area contributed by atoms with Gasteiger partial charge in [-0.05, 0) is 19.6 Å². The number of carbonyl (C=O) groups excluding carboxylic acids is 3. The molecule has 2 unspecified atom stereocenters. The minimum atomic E-state index is -2.13. The van der Waals surface area contributed by atoms with Crippen molar-refractivity contribution in [1.82, 2.24) is 9.88 Å². The third kappa shape index (κ3) is 4.99. The van der Waals surface area contributed by atoms with Crippen LogP contribution in [-0.4, -0.2) is 63.1 Å². The number of amides is 1. The first-order valence-corrected chi connectivity index (χ1v) is 16.6. The number of hydrogen-bond acceptors (Lipinski definition) is 7. The molecular weight excluding hydrogens is 388 g/mol. The minimum absolute atomic E-state index is 0.00107. The molecule has 7 nitrogen and oxygen atoms in total. The molecule has 0 aromatic carbocycles. The smallest absolute Gasteiger partial charge is 0.341 e. The molecule has 10 heteroatoms. The maximum atomic E-state index is 12.8. The van der Waals surface area contributed by atoms with Crippen molar-refractivity contribution in [2.75, 3.05) is 12.4 Å². The Kier molecular flexibility index (Phi) is 6.11. The molecule has 2 heterocycles. The second-order valence-electron chi connectivity index (χ2n) is 8.52. The zero-order valence-corrected chi connectivity index (χ0v) is 19.3. The summed E-state index contributed by atoms with van der Waals surface area (Å²) in [6.07, 6.45) is 0. The van der Waals surface area contributed by atoms with Gasteiger partial charge in [-0.3, -0.25) is 14.5 Å². The molecule has 0 aromatic rings. The highest BCUT2D eigenvalue weighted by molar-refractivity contribution is 8.00. The SMILES string of the molecule is CC(=O)OCC1=C(C(=O)O[Si](C)(C)C)N2C(=O)C(N[Si](C)(C)C)C2SC1. The third-order valence-corrected chi connectivity index (χ3v) is 6.99. The summed E-state index contributed by atoms with van der Waals surface area (Å²) in [6.45, 7) is 13.5. The van der Waals surface area contributed by atoms with Crippen LogP contribution < -0.4 is 4.98 Å². The number of carbonyl (C=O) groups is 3. The molecule has 1 saturated heterocycles. The Morgan fingerprint density at radius 1 is 1.23 bits per heavy atom. The number of esters is 1. The standard InChI is InChI=1S/C16H28N2O5SSi2/c1-10(19)22-8-11-9-24-15-12(17-25(2,3)4)14(20)18(15)13(11)16(21)23-26(5,6)7/h12,15,17H,8-9H2,1-7H3. The summed E-state index contributed by atoms with van der Waals surface area (Å²) in [5.41, 5.74) is 0.889. The molecule has 2 rings (SSSR count). The van der Waals surface area contributed by atoms with Crippen LogP contribution >= 0.6 is 11.8 Å². The van der Waals surface area contributed by atoms with E-state index in [2.05, 4.69) is 24.6 Å². The Morgan fingerprint density at radius 2 is 1.85 bits per heavy atom. The fourth-order valence-corrected chi connectivity index (χ4v) is 6.08. The van der Waals surface area contributed by atoms with Gasteiger partial charge in [0.05, 0.1) is 0 Å². The van der Waals surface area contributed by atoms with Crippen molar-refractivity contribution in [2.24, 2.45) is 0 Å². The molecule has 1 amide bonds. The van der Waals surface area contributed by atoms with Crippen molar-refractivity contribution < 1.29 is 23.5 Å². The van der Waals surface area contributed by atoms with Crippen LogP contribution in [0.2, 0.25) is 39.3 Å². The monoisotopic (exact) mass is 416 g/mol. The molecule has 146 valence electrons. The van der Waals surface area contributed by atoms with Crippen LogP contribution in [0.1, 0.15) is 6.92 Å². The lowest BCUT2D eigenvalue weighted by molar-refractivity contribution is -0.148. The topological polar surface area (TPSA) is 84.9 Å². The maximum Gasteiger partial charge on any atom is 0.341 e. The number of ether oxygens (including phenoxy) is 1. The molecule has 1 fully saturated rings. The minimum Gasteiger partial charge on any atom is -0.515 e. The number of nitrogens with zero attached hydrogens (tertiary/aromatic N) is 1. The number of nitrogens with one attached hydrogen (secondary N) is 1. The molecule has 2 aliphatic heterocycles. The Labute approximate surface area is 161 Å². The maximum absolute atomic E-state index is 12.8. The average molecular weight is 417 g/mol. The first-order chi connectivity index (χ1) is 11.8. The van der Waals surface area contributed by atoms with Crippen LogP contribution in [-0.2, 0) is 23.5 Å². The number of rotatable bonds is 6. The van der Waals surface area contributed by atoms with Gasteiger partial charge in [0.2, 0.25) is 14.2 Å². The molecule has 1 N–H and O–H groups in total. The molecule has 0 aromatic heterocycles. The van der Waals surface area contributed by atoms with Crippen LogP contribution in [0.15, 0.2) is 11.3 Å². The van der Waals surface area contributed by atoms with E-state index in [0.29, 0.717) is 11.3 Å². The summed E-state index contributed by atoms with van der Waals surface area (Å²) in [6, 6.07) is -0.281. The van der Waals surface area contributed by atoms with Crippen molar-refractivity contribution in [3.63, 3.8) is 0 Å². The van der Waals surface area contributed by atoms with E-state index in [0.717, 1.165) is 0 Å². The second-order valence-corrected chi connectivity index (χ2v) is 18.8. The molecule has 0 aliphatic carbocycles. The van der Waals surface area contributed by atoms with Gasteiger partial charge in [0, 0.05) is 18.2 Å². The summed E-state index contributed by atoms with van der Waals surface area (Å²) in [5, 5.41) is -0.125. The van der Waals surface area contributed by atoms with E-state index >= 15 is 0 Å². The van der Waals surface area contributed by atoms with Crippen LogP contribution in [0.5, 0.6) is 0 Å². The lowest BCUT2D eigenvalue weighted by atomic mass is 10.0. The molecule has 0 spiro atoms. The lowest BCUT2D eigenvalue weighted by Crippen LogP contribution is -2.73.